The van der Waals surface area contributed by atoms with Crippen LogP contribution in [0.4, 0.5) is 0 Å². The van der Waals surface area contributed by atoms with Crippen molar-refractivity contribution in [2.24, 2.45) is 10.9 Å². The maximum absolute atomic E-state index is 11.4. The number of hydrogen-bond donors (Lipinski definition) is 1. The van der Waals surface area contributed by atoms with E-state index in [9.17, 15) is 4.79 Å². The van der Waals surface area contributed by atoms with E-state index in [2.05, 4.69) is 15.3 Å². The zero-order valence-corrected chi connectivity index (χ0v) is 18.2. The summed E-state index contributed by atoms with van der Waals surface area (Å²) in [6.45, 7) is 4.87. The maximum atomic E-state index is 11.4. The number of carbonyl (C=O) groups excluding carboxylic acids is 1. The minimum absolute atomic E-state index is 0. The molecule has 138 valence electrons. The van der Waals surface area contributed by atoms with Crippen LogP contribution in [-0.2, 0) is 20.8 Å². The number of thiazole rings is 1. The Kier molecular flexibility index (Phi) is 11.1. The smallest absolute Gasteiger partial charge is 0.310 e. The molecule has 1 aromatic rings. The van der Waals surface area contributed by atoms with Crippen molar-refractivity contribution in [2.75, 3.05) is 34.9 Å². The number of nitrogens with one attached hydrogen (secondary N) is 1. The van der Waals surface area contributed by atoms with Gasteiger partial charge in [-0.25, -0.2) is 4.98 Å². The molecule has 0 saturated carbocycles. The van der Waals surface area contributed by atoms with Crippen LogP contribution >= 0.6 is 35.3 Å². The van der Waals surface area contributed by atoms with E-state index in [0.29, 0.717) is 19.0 Å². The quantitative estimate of drug-likeness (QED) is 0.285. The number of guanidine groups is 1. The maximum Gasteiger partial charge on any atom is 0.310 e. The summed E-state index contributed by atoms with van der Waals surface area (Å²) in [4.78, 5) is 22.2. The van der Waals surface area contributed by atoms with E-state index in [1.807, 2.05) is 31.2 Å². The molecule has 1 rings (SSSR count). The second-order valence-corrected chi connectivity index (χ2v) is 6.15. The standard InChI is InChI=1S/C15H26N4O3S.HI/c1-10(14(20)22-6)7-17-15(16-3)19(4)8-12-9-23-13(18-12)11(2)21-5;/h9-11H,7-8H2,1-6H3,(H,16,17);1H. The predicted molar refractivity (Wildman–Crippen MR) is 107 cm³/mol. The number of carbonyl (C=O) groups is 1. The molecule has 7 nitrogen and oxygen atoms in total. The topological polar surface area (TPSA) is 76.0 Å². The molecule has 2 atom stereocenters. The van der Waals surface area contributed by atoms with Crippen molar-refractivity contribution < 1.29 is 14.3 Å². The fraction of sp³-hybridized carbons (Fsp3) is 0.667. The summed E-state index contributed by atoms with van der Waals surface area (Å²) < 4.78 is 9.99. The lowest BCUT2D eigenvalue weighted by Crippen LogP contribution is -2.41. The molecule has 2 unspecified atom stereocenters. The third-order valence-corrected chi connectivity index (χ3v) is 4.47. The monoisotopic (exact) mass is 470 g/mol. The van der Waals surface area contributed by atoms with E-state index in [0.717, 1.165) is 10.7 Å². The number of aromatic nitrogens is 1. The molecule has 0 aliphatic heterocycles. The van der Waals surface area contributed by atoms with Crippen molar-refractivity contribution >= 4 is 47.2 Å². The Balaban J connectivity index is 0.00000529. The first kappa shape index (κ1) is 23.1. The second kappa shape index (κ2) is 11.6. The Hall–Kier alpha value is -0.940. The highest BCUT2D eigenvalue weighted by molar-refractivity contribution is 14.0. The summed E-state index contributed by atoms with van der Waals surface area (Å²) in [7, 11) is 6.70. The highest BCUT2D eigenvalue weighted by atomic mass is 127. The van der Waals surface area contributed by atoms with E-state index >= 15 is 0 Å². The van der Waals surface area contributed by atoms with Gasteiger partial charge >= 0.3 is 5.97 Å². The summed E-state index contributed by atoms with van der Waals surface area (Å²) in [6.07, 6.45) is -0.00241. The minimum Gasteiger partial charge on any atom is -0.469 e. The van der Waals surface area contributed by atoms with Crippen molar-refractivity contribution in [1.29, 1.82) is 0 Å². The molecule has 0 aliphatic rings. The normalized spacial score (nSPS) is 13.7. The Labute approximate surface area is 164 Å². The van der Waals surface area contributed by atoms with Crippen LogP contribution in [0.5, 0.6) is 0 Å². The summed E-state index contributed by atoms with van der Waals surface area (Å²) in [5, 5.41) is 6.15. The van der Waals surface area contributed by atoms with Gasteiger partial charge in [-0.3, -0.25) is 9.79 Å². The largest absolute Gasteiger partial charge is 0.469 e. The molecule has 24 heavy (non-hydrogen) atoms. The van der Waals surface area contributed by atoms with Gasteiger partial charge in [0.15, 0.2) is 5.96 Å². The number of esters is 1. The van der Waals surface area contributed by atoms with Gasteiger partial charge in [0.2, 0.25) is 0 Å². The Morgan fingerprint density at radius 3 is 2.67 bits per heavy atom. The minimum atomic E-state index is -0.242. The molecule has 1 heterocycles. The van der Waals surface area contributed by atoms with Crippen LogP contribution in [0.15, 0.2) is 10.4 Å². The molecular formula is C15H27IN4O3S. The van der Waals surface area contributed by atoms with Crippen LogP contribution in [0.3, 0.4) is 0 Å². The molecule has 9 heteroatoms. The zero-order valence-electron chi connectivity index (χ0n) is 15.0. The average molecular weight is 470 g/mol. The van der Waals surface area contributed by atoms with Crippen LogP contribution in [0.25, 0.3) is 0 Å². The molecule has 1 aromatic heterocycles. The van der Waals surface area contributed by atoms with Gasteiger partial charge < -0.3 is 19.7 Å². The van der Waals surface area contributed by atoms with Crippen LogP contribution in [0.1, 0.15) is 30.7 Å². The number of ether oxygens (including phenoxy) is 2. The molecule has 0 radical (unpaired) electrons. The van der Waals surface area contributed by atoms with Crippen LogP contribution in [0, 0.1) is 5.92 Å². The molecule has 0 aliphatic carbocycles. The average Bonchev–Trinajstić information content (AvgIpc) is 3.01. The SMILES string of the molecule is CN=C(NCC(C)C(=O)OC)N(C)Cc1csc(C(C)OC)n1.I. The fourth-order valence-corrected chi connectivity index (χ4v) is 2.76. The molecule has 0 amide bonds. The highest BCUT2D eigenvalue weighted by Crippen LogP contribution is 2.20. The molecular weight excluding hydrogens is 443 g/mol. The third-order valence-electron chi connectivity index (χ3n) is 3.41. The molecule has 0 aromatic carbocycles. The Bertz CT molecular complexity index is 539. The number of halogens is 1. The van der Waals surface area contributed by atoms with E-state index in [4.69, 9.17) is 9.47 Å². The lowest BCUT2D eigenvalue weighted by Gasteiger charge is -2.22. The van der Waals surface area contributed by atoms with Gasteiger partial charge in [-0.15, -0.1) is 35.3 Å². The summed E-state index contributed by atoms with van der Waals surface area (Å²) in [5.41, 5.74) is 0.959. The predicted octanol–water partition coefficient (Wildman–Crippen LogP) is 2.28. The summed E-state index contributed by atoms with van der Waals surface area (Å²) >= 11 is 1.58. The van der Waals surface area contributed by atoms with Gasteiger partial charge in [-0.1, -0.05) is 6.92 Å². The number of methoxy groups -OCH3 is 2. The molecule has 0 spiro atoms. The van der Waals surface area contributed by atoms with Crippen LogP contribution in [-0.4, -0.2) is 56.7 Å². The van der Waals surface area contributed by atoms with E-state index in [-0.39, 0.29) is 42.0 Å². The number of aliphatic imine (C=N–C) groups is 1. The van der Waals surface area contributed by atoms with Crippen LogP contribution in [0.2, 0.25) is 0 Å². The summed E-state index contributed by atoms with van der Waals surface area (Å²) in [6, 6.07) is 0. The van der Waals surface area contributed by atoms with Crippen molar-refractivity contribution in [3.63, 3.8) is 0 Å². The molecule has 0 fully saturated rings. The van der Waals surface area contributed by atoms with E-state index in [1.54, 1.807) is 25.5 Å². The second-order valence-electron chi connectivity index (χ2n) is 5.26. The zero-order chi connectivity index (χ0) is 17.4. The highest BCUT2D eigenvalue weighted by Gasteiger charge is 2.16. The number of hydrogen-bond acceptors (Lipinski definition) is 6. The van der Waals surface area contributed by atoms with Crippen LogP contribution < -0.4 is 5.32 Å². The molecule has 0 bridgehead atoms. The molecule has 1 N–H and O–H groups in total. The van der Waals surface area contributed by atoms with Gasteiger partial charge in [0.05, 0.1) is 25.3 Å². The van der Waals surface area contributed by atoms with Gasteiger partial charge in [-0.2, -0.15) is 0 Å². The number of nitrogens with zero attached hydrogens (tertiary/aromatic N) is 3. The molecule has 0 saturated heterocycles. The summed E-state index contributed by atoms with van der Waals surface area (Å²) in [5.74, 6) is 0.224. The first-order chi connectivity index (χ1) is 10.9. The van der Waals surface area contributed by atoms with E-state index in [1.165, 1.54) is 7.11 Å². The van der Waals surface area contributed by atoms with Gasteiger partial charge in [0.25, 0.3) is 0 Å². The first-order valence-electron chi connectivity index (χ1n) is 7.39. The van der Waals surface area contributed by atoms with Gasteiger partial charge in [0.1, 0.15) is 11.1 Å². The Morgan fingerprint density at radius 1 is 1.46 bits per heavy atom. The van der Waals surface area contributed by atoms with Crippen molar-refractivity contribution in [1.82, 2.24) is 15.2 Å². The third kappa shape index (κ3) is 6.89. The lowest BCUT2D eigenvalue weighted by atomic mass is 10.2. The van der Waals surface area contributed by atoms with E-state index < -0.39 is 0 Å². The lowest BCUT2D eigenvalue weighted by molar-refractivity contribution is -0.144. The van der Waals surface area contributed by atoms with Crippen molar-refractivity contribution in [2.45, 2.75) is 26.5 Å². The first-order valence-corrected chi connectivity index (χ1v) is 8.27. The van der Waals surface area contributed by atoms with Gasteiger partial charge in [0, 0.05) is 33.1 Å². The Morgan fingerprint density at radius 2 is 2.12 bits per heavy atom. The number of rotatable bonds is 7. The van der Waals surface area contributed by atoms with Crippen molar-refractivity contribution in [3.8, 4) is 0 Å². The van der Waals surface area contributed by atoms with Gasteiger partial charge in [-0.05, 0) is 6.92 Å². The fourth-order valence-electron chi connectivity index (χ4n) is 1.91. The van der Waals surface area contributed by atoms with Crippen molar-refractivity contribution in [3.05, 3.63) is 16.1 Å².